The van der Waals surface area contributed by atoms with E-state index in [2.05, 4.69) is 17.4 Å². The molecule has 0 amide bonds. The fraction of sp³-hybridized carbons (Fsp3) is 0.500. The molecule has 0 saturated carbocycles. The Labute approximate surface area is 113 Å². The smallest absolute Gasteiger partial charge is 0.170 e. The van der Waals surface area contributed by atoms with E-state index in [9.17, 15) is 0 Å². The van der Waals surface area contributed by atoms with Crippen molar-refractivity contribution in [2.24, 2.45) is 16.8 Å². The number of amidine groups is 1. The van der Waals surface area contributed by atoms with Crippen LogP contribution >= 0.6 is 0 Å². The fourth-order valence-corrected chi connectivity index (χ4v) is 2.29. The zero-order valence-corrected chi connectivity index (χ0v) is 11.2. The van der Waals surface area contributed by atoms with E-state index in [0.29, 0.717) is 12.0 Å². The summed E-state index contributed by atoms with van der Waals surface area (Å²) in [4.78, 5) is 0. The Morgan fingerprint density at radius 2 is 2.47 bits per heavy atom. The van der Waals surface area contributed by atoms with Crippen LogP contribution in [0.1, 0.15) is 24.5 Å². The lowest BCUT2D eigenvalue weighted by Crippen LogP contribution is -2.33. The lowest BCUT2D eigenvalue weighted by atomic mass is 10.0. The highest BCUT2D eigenvalue weighted by molar-refractivity contribution is 5.97. The summed E-state index contributed by atoms with van der Waals surface area (Å²) in [7, 11) is 0. The van der Waals surface area contributed by atoms with Crippen LogP contribution in [0.3, 0.4) is 0 Å². The van der Waals surface area contributed by atoms with Crippen molar-refractivity contribution in [1.29, 1.82) is 0 Å². The SMILES string of the molecule is CC(NCc1cccc(/C(N)=N/O)c1)C1CCOC1. The van der Waals surface area contributed by atoms with Crippen molar-refractivity contribution in [2.45, 2.75) is 25.9 Å². The maximum absolute atomic E-state index is 8.67. The third-order valence-electron chi connectivity index (χ3n) is 3.63. The number of rotatable bonds is 5. The molecule has 1 saturated heterocycles. The molecule has 2 rings (SSSR count). The van der Waals surface area contributed by atoms with Crippen LogP contribution in [0.25, 0.3) is 0 Å². The van der Waals surface area contributed by atoms with Gasteiger partial charge in [-0.25, -0.2) is 0 Å². The maximum atomic E-state index is 8.67. The second kappa shape index (κ2) is 6.54. The lowest BCUT2D eigenvalue weighted by molar-refractivity contribution is 0.178. The summed E-state index contributed by atoms with van der Waals surface area (Å²) >= 11 is 0. The first-order valence-corrected chi connectivity index (χ1v) is 6.58. The van der Waals surface area contributed by atoms with Gasteiger partial charge in [0.25, 0.3) is 0 Å². The van der Waals surface area contributed by atoms with E-state index in [4.69, 9.17) is 15.7 Å². The van der Waals surface area contributed by atoms with Crippen LogP contribution in [-0.2, 0) is 11.3 Å². The predicted octanol–water partition coefficient (Wildman–Crippen LogP) is 1.30. The Morgan fingerprint density at radius 3 is 3.16 bits per heavy atom. The molecule has 0 bridgehead atoms. The van der Waals surface area contributed by atoms with E-state index >= 15 is 0 Å². The summed E-state index contributed by atoms with van der Waals surface area (Å²) in [6, 6.07) is 8.12. The molecule has 1 aromatic rings. The summed E-state index contributed by atoms with van der Waals surface area (Å²) in [5, 5.41) is 15.2. The first kappa shape index (κ1) is 13.8. The molecule has 0 aliphatic carbocycles. The van der Waals surface area contributed by atoms with Crippen LogP contribution in [0.5, 0.6) is 0 Å². The largest absolute Gasteiger partial charge is 0.409 e. The number of oxime groups is 1. The van der Waals surface area contributed by atoms with Crippen LogP contribution in [0.2, 0.25) is 0 Å². The second-order valence-corrected chi connectivity index (χ2v) is 4.98. The molecule has 1 aromatic carbocycles. The van der Waals surface area contributed by atoms with Gasteiger partial charge >= 0.3 is 0 Å². The molecule has 2 unspecified atom stereocenters. The minimum absolute atomic E-state index is 0.138. The molecule has 104 valence electrons. The van der Waals surface area contributed by atoms with Crippen molar-refractivity contribution in [3.8, 4) is 0 Å². The first-order chi connectivity index (χ1) is 9.20. The molecule has 0 radical (unpaired) electrons. The number of benzene rings is 1. The molecular formula is C14H21N3O2. The standard InChI is InChI=1S/C14H21N3O2/c1-10(13-5-6-19-9-13)16-8-11-3-2-4-12(7-11)14(15)17-18/h2-4,7,10,13,16,18H,5-6,8-9H2,1H3,(H2,15,17). The van der Waals surface area contributed by atoms with Gasteiger partial charge in [-0.1, -0.05) is 23.4 Å². The third kappa shape index (κ3) is 3.68. The normalized spacial score (nSPS) is 21.5. The summed E-state index contributed by atoms with van der Waals surface area (Å²) in [6.07, 6.45) is 1.12. The average molecular weight is 263 g/mol. The summed E-state index contributed by atoms with van der Waals surface area (Å²) in [6.45, 7) is 4.67. The molecule has 0 spiro atoms. The van der Waals surface area contributed by atoms with E-state index in [0.717, 1.165) is 37.3 Å². The molecular weight excluding hydrogens is 242 g/mol. The van der Waals surface area contributed by atoms with Gasteiger partial charge in [-0.15, -0.1) is 0 Å². The average Bonchev–Trinajstić information content (AvgIpc) is 2.98. The highest BCUT2D eigenvalue weighted by Crippen LogP contribution is 2.16. The molecule has 5 nitrogen and oxygen atoms in total. The molecule has 1 heterocycles. The van der Waals surface area contributed by atoms with Gasteiger partial charge < -0.3 is 21.0 Å². The topological polar surface area (TPSA) is 79.9 Å². The van der Waals surface area contributed by atoms with Crippen molar-refractivity contribution in [2.75, 3.05) is 13.2 Å². The zero-order chi connectivity index (χ0) is 13.7. The Hall–Kier alpha value is -1.59. The summed E-state index contributed by atoms with van der Waals surface area (Å²) < 4.78 is 5.40. The molecule has 0 aromatic heterocycles. The van der Waals surface area contributed by atoms with Gasteiger partial charge in [0.05, 0.1) is 6.61 Å². The molecule has 1 fully saturated rings. The van der Waals surface area contributed by atoms with Gasteiger partial charge in [-0.05, 0) is 30.9 Å². The van der Waals surface area contributed by atoms with Gasteiger partial charge in [-0.2, -0.15) is 0 Å². The van der Waals surface area contributed by atoms with Gasteiger partial charge in [0.15, 0.2) is 5.84 Å². The van der Waals surface area contributed by atoms with Crippen LogP contribution < -0.4 is 11.1 Å². The van der Waals surface area contributed by atoms with Crippen LogP contribution in [0.4, 0.5) is 0 Å². The van der Waals surface area contributed by atoms with Crippen LogP contribution in [0.15, 0.2) is 29.4 Å². The van der Waals surface area contributed by atoms with Gasteiger partial charge in [0.1, 0.15) is 0 Å². The first-order valence-electron chi connectivity index (χ1n) is 6.58. The van der Waals surface area contributed by atoms with Gasteiger partial charge in [0, 0.05) is 24.8 Å². The second-order valence-electron chi connectivity index (χ2n) is 4.98. The number of nitrogens with one attached hydrogen (secondary N) is 1. The molecule has 19 heavy (non-hydrogen) atoms. The number of hydrogen-bond acceptors (Lipinski definition) is 4. The van der Waals surface area contributed by atoms with Crippen molar-refractivity contribution in [3.63, 3.8) is 0 Å². The monoisotopic (exact) mass is 263 g/mol. The Kier molecular flexibility index (Phi) is 4.76. The number of nitrogens with two attached hydrogens (primary N) is 1. The van der Waals surface area contributed by atoms with Crippen molar-refractivity contribution in [1.82, 2.24) is 5.32 Å². The van der Waals surface area contributed by atoms with E-state index in [1.807, 2.05) is 24.3 Å². The van der Waals surface area contributed by atoms with E-state index in [1.165, 1.54) is 0 Å². The van der Waals surface area contributed by atoms with Crippen molar-refractivity contribution >= 4 is 5.84 Å². The number of nitrogens with zero attached hydrogens (tertiary/aromatic N) is 1. The molecule has 4 N–H and O–H groups in total. The minimum Gasteiger partial charge on any atom is -0.409 e. The van der Waals surface area contributed by atoms with Crippen LogP contribution in [0, 0.1) is 5.92 Å². The zero-order valence-electron chi connectivity index (χ0n) is 11.2. The quantitative estimate of drug-likeness (QED) is 0.324. The predicted molar refractivity (Wildman–Crippen MR) is 74.2 cm³/mol. The third-order valence-corrected chi connectivity index (χ3v) is 3.63. The number of hydrogen-bond donors (Lipinski definition) is 3. The minimum atomic E-state index is 0.138. The number of ether oxygens (including phenoxy) is 1. The molecule has 1 aliphatic rings. The fourth-order valence-electron chi connectivity index (χ4n) is 2.29. The van der Waals surface area contributed by atoms with E-state index < -0.39 is 0 Å². The van der Waals surface area contributed by atoms with Crippen LogP contribution in [-0.4, -0.2) is 30.3 Å². The maximum Gasteiger partial charge on any atom is 0.170 e. The van der Waals surface area contributed by atoms with E-state index in [1.54, 1.807) is 0 Å². The molecule has 2 atom stereocenters. The highest BCUT2D eigenvalue weighted by Gasteiger charge is 2.21. The Bertz CT molecular complexity index is 442. The molecule has 5 heteroatoms. The Balaban J connectivity index is 1.92. The molecule has 1 aliphatic heterocycles. The van der Waals surface area contributed by atoms with Gasteiger partial charge in [-0.3, -0.25) is 0 Å². The summed E-state index contributed by atoms with van der Waals surface area (Å²) in [5.41, 5.74) is 7.44. The Morgan fingerprint density at radius 1 is 1.63 bits per heavy atom. The lowest BCUT2D eigenvalue weighted by Gasteiger charge is -2.19. The van der Waals surface area contributed by atoms with E-state index in [-0.39, 0.29) is 5.84 Å². The highest BCUT2D eigenvalue weighted by atomic mass is 16.5. The van der Waals surface area contributed by atoms with Gasteiger partial charge in [0.2, 0.25) is 0 Å². The van der Waals surface area contributed by atoms with Crippen molar-refractivity contribution in [3.05, 3.63) is 35.4 Å². The van der Waals surface area contributed by atoms with Crippen molar-refractivity contribution < 1.29 is 9.94 Å². The summed E-state index contributed by atoms with van der Waals surface area (Å²) in [5.74, 6) is 0.728.